The van der Waals surface area contributed by atoms with Gasteiger partial charge in [-0.3, -0.25) is 0 Å². The summed E-state index contributed by atoms with van der Waals surface area (Å²) in [6, 6.07) is 33.9. The van der Waals surface area contributed by atoms with E-state index in [1.807, 2.05) is 0 Å². The number of hydrogen-bond acceptors (Lipinski definition) is 0. The van der Waals surface area contributed by atoms with Crippen molar-refractivity contribution in [3.63, 3.8) is 0 Å². The normalized spacial score (nSPS) is 15.6. The minimum Gasteiger partial charge on any atom is -0.0776 e. The molecule has 2 heteroatoms. The van der Waals surface area contributed by atoms with E-state index in [0.29, 0.717) is 17.4 Å². The first-order valence-electron chi connectivity index (χ1n) is 10.8. The quantitative estimate of drug-likeness (QED) is 0.335. The van der Waals surface area contributed by atoms with Crippen molar-refractivity contribution in [2.75, 3.05) is 0 Å². The molecule has 0 atom stereocenters. The Balaban J connectivity index is 0.00000231. The molecule has 0 saturated heterocycles. The molecule has 0 aromatic heterocycles. The molecule has 0 unspecified atom stereocenters. The molecule has 2 aliphatic carbocycles. The number of benzene rings is 3. The van der Waals surface area contributed by atoms with Crippen molar-refractivity contribution in [3.05, 3.63) is 140 Å². The fourth-order valence-electron chi connectivity index (χ4n) is 5.39. The number of rotatable bonds is 6. The summed E-state index contributed by atoms with van der Waals surface area (Å²) in [7, 11) is -2.39. The Labute approximate surface area is 205 Å². The Morgan fingerprint density at radius 3 is 1.03 bits per heavy atom. The van der Waals surface area contributed by atoms with E-state index in [2.05, 4.69) is 140 Å². The van der Waals surface area contributed by atoms with Gasteiger partial charge in [0.05, 0.1) is 0 Å². The monoisotopic (exact) mass is 492 g/mol. The van der Waals surface area contributed by atoms with Crippen LogP contribution in [-0.4, -0.2) is 8.07 Å². The van der Waals surface area contributed by atoms with E-state index < -0.39 is 8.07 Å². The molecule has 0 N–H and O–H groups in total. The predicted molar refractivity (Wildman–Crippen MR) is 131 cm³/mol. The van der Waals surface area contributed by atoms with Crippen LogP contribution in [0.5, 0.6) is 0 Å². The van der Waals surface area contributed by atoms with Crippen LogP contribution in [0.25, 0.3) is 0 Å². The van der Waals surface area contributed by atoms with Gasteiger partial charge >= 0.3 is 0 Å². The van der Waals surface area contributed by atoms with Crippen LogP contribution in [0.1, 0.15) is 0 Å². The van der Waals surface area contributed by atoms with Crippen molar-refractivity contribution in [1.29, 1.82) is 0 Å². The molecule has 2 aliphatic rings. The molecule has 0 radical (unpaired) electrons. The second-order valence-electron chi connectivity index (χ2n) is 8.13. The van der Waals surface area contributed by atoms with Crippen LogP contribution in [0.2, 0.25) is 5.54 Å². The van der Waals surface area contributed by atoms with E-state index in [9.17, 15) is 0 Å². The van der Waals surface area contributed by atoms with Gasteiger partial charge in [-0.1, -0.05) is 140 Å². The van der Waals surface area contributed by atoms with Crippen LogP contribution in [0.15, 0.2) is 140 Å². The van der Waals surface area contributed by atoms with Gasteiger partial charge in [0.2, 0.25) is 0 Å². The number of hydrogen-bond donors (Lipinski definition) is 0. The van der Waals surface area contributed by atoms with Crippen LogP contribution in [-0.2, 0) is 26.2 Å². The molecule has 5 rings (SSSR count). The summed E-state index contributed by atoms with van der Waals surface area (Å²) in [5.74, 6) is 0.823. The number of allylic oxidation sites excluding steroid dienone is 8. The maximum atomic E-state index is 2.40. The van der Waals surface area contributed by atoms with Crippen molar-refractivity contribution >= 4 is 23.6 Å². The predicted octanol–water partition coefficient (Wildman–Crippen LogP) is 5.01. The van der Waals surface area contributed by atoms with Crippen LogP contribution < -0.4 is 15.6 Å². The Hall–Kier alpha value is -2.28. The molecule has 0 bridgehead atoms. The molecule has 0 nitrogen and oxygen atoms in total. The maximum absolute atomic E-state index is 2.40. The molecule has 0 heterocycles. The molecule has 3 aromatic carbocycles. The maximum Gasteiger partial charge on any atom is 0.153 e. The average molecular weight is 494 g/mol. The average Bonchev–Trinajstić information content (AvgIpc) is 3.54. The third-order valence-corrected chi connectivity index (χ3v) is 12.1. The van der Waals surface area contributed by atoms with Crippen molar-refractivity contribution in [2.45, 2.75) is 5.54 Å². The van der Waals surface area contributed by atoms with Crippen molar-refractivity contribution in [1.82, 2.24) is 0 Å². The van der Waals surface area contributed by atoms with E-state index in [4.69, 9.17) is 0 Å². The van der Waals surface area contributed by atoms with Crippen LogP contribution >= 0.6 is 0 Å². The fraction of sp³-hybridized carbons (Fsp3) is 0.103. The van der Waals surface area contributed by atoms with E-state index in [1.54, 1.807) is 0 Å². The smallest absolute Gasteiger partial charge is 0.0776 e. The third kappa shape index (κ3) is 4.00. The first-order valence-corrected chi connectivity index (χ1v) is 12.8. The summed E-state index contributed by atoms with van der Waals surface area (Å²) in [4.78, 5) is 0. The minimum absolute atomic E-state index is 0. The van der Waals surface area contributed by atoms with Gasteiger partial charge in [-0.2, -0.15) is 0 Å². The third-order valence-electron chi connectivity index (χ3n) is 6.57. The van der Waals surface area contributed by atoms with Gasteiger partial charge in [-0.05, 0) is 32.9 Å². The van der Waals surface area contributed by atoms with Gasteiger partial charge in [0.1, 0.15) is 0 Å². The first kappa shape index (κ1) is 21.9. The van der Waals surface area contributed by atoms with Crippen molar-refractivity contribution in [2.24, 2.45) is 11.8 Å². The van der Waals surface area contributed by atoms with Crippen LogP contribution in [0.3, 0.4) is 0 Å². The molecular weight excluding hydrogens is 468 g/mol. The van der Waals surface area contributed by atoms with Gasteiger partial charge in [-0.15, -0.1) is 0 Å². The summed E-state index contributed by atoms with van der Waals surface area (Å²) in [5, 5.41) is 4.44. The summed E-state index contributed by atoms with van der Waals surface area (Å²) in [6.45, 7) is 0. The summed E-state index contributed by atoms with van der Waals surface area (Å²) in [6.07, 6.45) is 18.5. The van der Waals surface area contributed by atoms with Crippen LogP contribution in [0, 0.1) is 11.8 Å². The molecule has 0 spiro atoms. The standard InChI is InChI=1S/C29H26Si.Zr/c1-4-18-26(19-5-1)30(27-20-6-2-7-21-27,28-22-8-3-9-23-28)29(24-14-10-11-15-24)25-16-12-13-17-25;/h1-25,29H;. The first-order chi connectivity index (χ1) is 14.9. The molecule has 0 fully saturated rings. The van der Waals surface area contributed by atoms with E-state index in [1.165, 1.54) is 15.6 Å². The Bertz CT molecular complexity index is 949. The molecular formula is C29H26SiZr. The van der Waals surface area contributed by atoms with Crippen LogP contribution in [0.4, 0.5) is 0 Å². The zero-order chi connectivity index (χ0) is 20.2. The second kappa shape index (κ2) is 9.90. The van der Waals surface area contributed by atoms with Gasteiger partial charge in [0, 0.05) is 26.2 Å². The summed E-state index contributed by atoms with van der Waals surface area (Å²) in [5.41, 5.74) is 0.453. The fourth-order valence-corrected chi connectivity index (χ4v) is 11.3. The SMILES string of the molecule is C1=CC(C(C2C=CC=C2)[Si](c2ccccc2)(c2ccccc2)c2ccccc2)C=C1.[Zr]. The molecule has 0 aliphatic heterocycles. The Morgan fingerprint density at radius 1 is 0.452 bits per heavy atom. The van der Waals surface area contributed by atoms with Gasteiger partial charge in [0.15, 0.2) is 8.07 Å². The zero-order valence-corrected chi connectivity index (χ0v) is 21.0. The second-order valence-corrected chi connectivity index (χ2v) is 12.1. The summed E-state index contributed by atoms with van der Waals surface area (Å²) >= 11 is 0. The molecule has 0 amide bonds. The van der Waals surface area contributed by atoms with E-state index >= 15 is 0 Å². The van der Waals surface area contributed by atoms with E-state index in [0.717, 1.165) is 0 Å². The Morgan fingerprint density at radius 2 is 0.742 bits per heavy atom. The Kier molecular flexibility index (Phi) is 7.00. The molecule has 31 heavy (non-hydrogen) atoms. The van der Waals surface area contributed by atoms with Crippen molar-refractivity contribution < 1.29 is 26.2 Å². The molecule has 3 aromatic rings. The topological polar surface area (TPSA) is 0 Å². The van der Waals surface area contributed by atoms with E-state index in [-0.39, 0.29) is 26.2 Å². The zero-order valence-electron chi connectivity index (χ0n) is 17.5. The van der Waals surface area contributed by atoms with Gasteiger partial charge in [-0.25, -0.2) is 0 Å². The molecule has 150 valence electrons. The van der Waals surface area contributed by atoms with Crippen molar-refractivity contribution in [3.8, 4) is 0 Å². The summed E-state index contributed by atoms with van der Waals surface area (Å²) < 4.78 is 0. The minimum atomic E-state index is -2.39. The van der Waals surface area contributed by atoms with Gasteiger partial charge in [0.25, 0.3) is 0 Å². The largest absolute Gasteiger partial charge is 0.153 e. The van der Waals surface area contributed by atoms with Gasteiger partial charge < -0.3 is 0 Å². The molecule has 0 saturated carbocycles.